The molecule has 0 saturated carbocycles. The third-order valence-corrected chi connectivity index (χ3v) is 21.7. The molecule has 3 N–H and O–H groups in total. The topological polar surface area (TPSA) is 237 Å². The first-order valence-electron chi connectivity index (χ1n) is 42.3. The van der Waals surface area contributed by atoms with Gasteiger partial charge in [-0.3, -0.25) is 37.3 Å². The normalized spacial score (nSPS) is 14.5. The van der Waals surface area contributed by atoms with Crippen LogP contribution < -0.4 is 0 Å². The number of phosphoric ester groups is 2. The van der Waals surface area contributed by atoms with Gasteiger partial charge < -0.3 is 33.8 Å². The van der Waals surface area contributed by atoms with Gasteiger partial charge in [-0.05, 0) is 49.4 Å². The summed E-state index contributed by atoms with van der Waals surface area (Å²) in [4.78, 5) is 73.1. The van der Waals surface area contributed by atoms with Crippen molar-refractivity contribution in [3.8, 4) is 0 Å². The maximum Gasteiger partial charge on any atom is 0.472 e. The Morgan fingerprint density at radius 3 is 0.703 bits per heavy atom. The van der Waals surface area contributed by atoms with Crippen molar-refractivity contribution in [3.63, 3.8) is 0 Å². The molecular formula is C82H160O17P2. The standard InChI is InChI=1S/C82H160O17P2/c1-9-74(7)60-52-44-36-30-24-17-14-15-19-27-33-39-49-57-64-81(86)98-77(68-92-79(84)62-54-46-37-31-25-21-20-23-29-35-43-51-59-73(5)6)70-96-100(88,89)94-66-76(83)67-95-101(90,91)97-71-78(69-93-80(85)63-55-47-41-40-45-53-61-75(8)10-2)99-82(87)65-56-48-38-32-26-18-13-11-12-16-22-28-34-42-50-58-72(3)4/h72-78,83H,9-71H2,1-8H3,(H,88,89)(H,90,91)/t74?,75?,76-,77-,78-/m1/s1. The fourth-order valence-corrected chi connectivity index (χ4v) is 14.1. The first-order chi connectivity index (χ1) is 48.7. The second kappa shape index (κ2) is 71.0. The van der Waals surface area contributed by atoms with E-state index in [4.69, 9.17) is 37.0 Å². The van der Waals surface area contributed by atoms with E-state index >= 15 is 0 Å². The molecule has 0 aliphatic rings. The van der Waals surface area contributed by atoms with E-state index in [-0.39, 0.29) is 25.7 Å². The van der Waals surface area contributed by atoms with Gasteiger partial charge in [-0.25, -0.2) is 9.13 Å². The molecule has 0 bridgehead atoms. The highest BCUT2D eigenvalue weighted by Crippen LogP contribution is 2.45. The third kappa shape index (κ3) is 73.4. The highest BCUT2D eigenvalue weighted by Gasteiger charge is 2.30. The average molecular weight is 1480 g/mol. The van der Waals surface area contributed by atoms with Gasteiger partial charge in [0.2, 0.25) is 0 Å². The van der Waals surface area contributed by atoms with Crippen LogP contribution in [0.1, 0.15) is 421 Å². The van der Waals surface area contributed by atoms with E-state index in [2.05, 4.69) is 55.4 Å². The van der Waals surface area contributed by atoms with E-state index in [0.717, 1.165) is 120 Å². The predicted molar refractivity (Wildman–Crippen MR) is 414 cm³/mol. The van der Waals surface area contributed by atoms with Gasteiger partial charge >= 0.3 is 39.5 Å². The first kappa shape index (κ1) is 99.1. The Balaban J connectivity index is 5.25. The van der Waals surface area contributed by atoms with Crippen LogP contribution in [0.4, 0.5) is 0 Å². The number of phosphoric acid groups is 2. The van der Waals surface area contributed by atoms with E-state index < -0.39 is 97.5 Å². The smallest absolute Gasteiger partial charge is 0.462 e. The quantitative estimate of drug-likeness (QED) is 0.0222. The largest absolute Gasteiger partial charge is 0.472 e. The Kier molecular flexibility index (Phi) is 69.6. The molecule has 0 aromatic carbocycles. The highest BCUT2D eigenvalue weighted by molar-refractivity contribution is 7.47. The Hall–Kier alpha value is -1.94. The van der Waals surface area contributed by atoms with Crippen molar-refractivity contribution < 1.29 is 80.2 Å². The number of esters is 4. The maximum atomic E-state index is 13.1. The lowest BCUT2D eigenvalue weighted by atomic mass is 9.99. The molecule has 0 saturated heterocycles. The molecule has 0 aliphatic heterocycles. The average Bonchev–Trinajstić information content (AvgIpc) is 0.936. The molecule has 17 nitrogen and oxygen atoms in total. The summed E-state index contributed by atoms with van der Waals surface area (Å²) >= 11 is 0. The van der Waals surface area contributed by atoms with Crippen LogP contribution in [0.3, 0.4) is 0 Å². The number of carbonyl (C=O) groups excluding carboxylic acids is 4. The monoisotopic (exact) mass is 1480 g/mol. The lowest BCUT2D eigenvalue weighted by Gasteiger charge is -2.21. The molecule has 0 aliphatic carbocycles. The molecule has 0 aromatic heterocycles. The zero-order valence-electron chi connectivity index (χ0n) is 66.5. The van der Waals surface area contributed by atoms with Crippen molar-refractivity contribution in [3.05, 3.63) is 0 Å². The minimum absolute atomic E-state index is 0.107. The molecule has 101 heavy (non-hydrogen) atoms. The molecule has 0 heterocycles. The van der Waals surface area contributed by atoms with Gasteiger partial charge in [-0.2, -0.15) is 0 Å². The Labute approximate surface area is 619 Å². The summed E-state index contributed by atoms with van der Waals surface area (Å²) in [6.07, 6.45) is 58.2. The maximum absolute atomic E-state index is 13.1. The lowest BCUT2D eigenvalue weighted by molar-refractivity contribution is -0.161. The first-order valence-corrected chi connectivity index (χ1v) is 45.3. The van der Waals surface area contributed by atoms with Crippen LogP contribution in [-0.2, 0) is 65.4 Å². The molecule has 0 aromatic rings. The fraction of sp³-hybridized carbons (Fsp3) is 0.951. The SMILES string of the molecule is CCC(C)CCCCCCCCCCCCCCCCC(=O)O[C@H](COC(=O)CCCCCCCCCCCCCCC(C)C)COP(=O)(O)OC[C@@H](O)COP(=O)(O)OC[C@@H](COC(=O)CCCCCCCCC(C)CC)OC(=O)CCCCCCCCCCCCCCCCCC(C)C. The van der Waals surface area contributed by atoms with E-state index in [1.165, 1.54) is 218 Å². The van der Waals surface area contributed by atoms with Crippen LogP contribution in [0, 0.1) is 23.7 Å². The summed E-state index contributed by atoms with van der Waals surface area (Å²) in [5, 5.41) is 10.7. The molecule has 0 spiro atoms. The van der Waals surface area contributed by atoms with E-state index in [1.807, 2.05) is 0 Å². The second-order valence-corrected chi connectivity index (χ2v) is 33.9. The third-order valence-electron chi connectivity index (χ3n) is 19.8. The highest BCUT2D eigenvalue weighted by atomic mass is 31.2. The van der Waals surface area contributed by atoms with Crippen molar-refractivity contribution in [2.24, 2.45) is 23.7 Å². The van der Waals surface area contributed by atoms with Crippen molar-refractivity contribution in [2.75, 3.05) is 39.6 Å². The summed E-state index contributed by atoms with van der Waals surface area (Å²) < 4.78 is 68.8. The second-order valence-electron chi connectivity index (χ2n) is 31.0. The molecule has 4 unspecified atom stereocenters. The van der Waals surface area contributed by atoms with Gasteiger partial charge in [-0.15, -0.1) is 0 Å². The van der Waals surface area contributed by atoms with Gasteiger partial charge in [0.05, 0.1) is 26.4 Å². The van der Waals surface area contributed by atoms with Gasteiger partial charge in [0.15, 0.2) is 12.2 Å². The molecule has 0 fully saturated rings. The van der Waals surface area contributed by atoms with E-state index in [0.29, 0.717) is 25.7 Å². The van der Waals surface area contributed by atoms with Crippen molar-refractivity contribution in [1.82, 2.24) is 0 Å². The summed E-state index contributed by atoms with van der Waals surface area (Å²) in [6, 6.07) is 0. The number of hydrogen-bond donors (Lipinski definition) is 3. The summed E-state index contributed by atoms with van der Waals surface area (Å²) in [6.45, 7) is 14.3. The minimum Gasteiger partial charge on any atom is -0.462 e. The molecule has 0 rings (SSSR count). The zero-order chi connectivity index (χ0) is 74.6. The van der Waals surface area contributed by atoms with E-state index in [1.54, 1.807) is 0 Å². The Bertz CT molecular complexity index is 1980. The Morgan fingerprint density at radius 1 is 0.277 bits per heavy atom. The van der Waals surface area contributed by atoms with Crippen LogP contribution in [0.2, 0.25) is 0 Å². The number of aliphatic hydroxyl groups excluding tert-OH is 1. The number of hydrogen-bond acceptors (Lipinski definition) is 15. The van der Waals surface area contributed by atoms with Gasteiger partial charge in [0.1, 0.15) is 19.3 Å². The summed E-state index contributed by atoms with van der Waals surface area (Å²) in [5.74, 6) is 1.05. The predicted octanol–water partition coefficient (Wildman–Crippen LogP) is 24.4. The van der Waals surface area contributed by atoms with Gasteiger partial charge in [-0.1, -0.05) is 370 Å². The number of unbranched alkanes of at least 4 members (excludes halogenated alkanes) is 43. The van der Waals surface area contributed by atoms with Crippen LogP contribution >= 0.6 is 15.6 Å². The van der Waals surface area contributed by atoms with Crippen LogP contribution in [0.5, 0.6) is 0 Å². The van der Waals surface area contributed by atoms with Gasteiger partial charge in [0.25, 0.3) is 0 Å². The number of carbonyl (C=O) groups is 4. The number of rotatable bonds is 79. The molecule has 600 valence electrons. The van der Waals surface area contributed by atoms with Crippen LogP contribution in [-0.4, -0.2) is 96.7 Å². The molecule has 0 radical (unpaired) electrons. The fourth-order valence-electron chi connectivity index (χ4n) is 12.5. The van der Waals surface area contributed by atoms with E-state index in [9.17, 15) is 43.2 Å². The molecule has 19 heteroatoms. The van der Waals surface area contributed by atoms with Crippen molar-refractivity contribution in [1.29, 1.82) is 0 Å². The van der Waals surface area contributed by atoms with Crippen molar-refractivity contribution in [2.45, 2.75) is 440 Å². The lowest BCUT2D eigenvalue weighted by Crippen LogP contribution is -2.30. The van der Waals surface area contributed by atoms with Crippen LogP contribution in [0.25, 0.3) is 0 Å². The molecule has 7 atom stereocenters. The van der Waals surface area contributed by atoms with Gasteiger partial charge in [0, 0.05) is 25.7 Å². The molecular weight excluding hydrogens is 1320 g/mol. The summed E-state index contributed by atoms with van der Waals surface area (Å²) in [7, 11) is -9.92. The minimum atomic E-state index is -4.96. The van der Waals surface area contributed by atoms with Crippen molar-refractivity contribution >= 4 is 39.5 Å². The summed E-state index contributed by atoms with van der Waals surface area (Å²) in [5.41, 5.74) is 0. The number of aliphatic hydroxyl groups is 1. The van der Waals surface area contributed by atoms with Crippen LogP contribution in [0.15, 0.2) is 0 Å². The number of ether oxygens (including phenoxy) is 4. The molecule has 0 amide bonds. The Morgan fingerprint density at radius 2 is 0.475 bits per heavy atom. The zero-order valence-corrected chi connectivity index (χ0v) is 68.3.